The smallest absolute Gasteiger partial charge is 0.269 e. The second kappa shape index (κ2) is 4.98. The molecule has 2 aromatic rings. The Balaban J connectivity index is 2.01. The zero-order valence-corrected chi connectivity index (χ0v) is 12.9. The topological polar surface area (TPSA) is 55.2 Å². The van der Waals surface area contributed by atoms with E-state index in [1.54, 1.807) is 24.3 Å². The van der Waals surface area contributed by atoms with Gasteiger partial charge < -0.3 is 5.32 Å². The summed E-state index contributed by atoms with van der Waals surface area (Å²) in [5.41, 5.74) is 5.63. The van der Waals surface area contributed by atoms with E-state index in [-0.39, 0.29) is 16.1 Å². The number of nitrogens with zero attached hydrogens (tertiary/aromatic N) is 1. The van der Waals surface area contributed by atoms with Gasteiger partial charge in [0.25, 0.3) is 5.69 Å². The zero-order chi connectivity index (χ0) is 15.9. The van der Waals surface area contributed by atoms with E-state index in [1.165, 1.54) is 11.1 Å². The van der Waals surface area contributed by atoms with Gasteiger partial charge >= 0.3 is 0 Å². The van der Waals surface area contributed by atoms with Gasteiger partial charge in [0.15, 0.2) is 0 Å². The van der Waals surface area contributed by atoms with Crippen molar-refractivity contribution in [2.75, 3.05) is 5.32 Å². The lowest BCUT2D eigenvalue weighted by Gasteiger charge is -2.31. The number of nitro groups is 1. The van der Waals surface area contributed by atoms with Crippen LogP contribution in [0.15, 0.2) is 48.5 Å². The fourth-order valence-corrected chi connectivity index (χ4v) is 2.94. The molecule has 1 heterocycles. The Hall–Kier alpha value is -2.62. The lowest BCUT2D eigenvalue weighted by molar-refractivity contribution is -0.384. The van der Waals surface area contributed by atoms with Gasteiger partial charge in [-0.3, -0.25) is 10.1 Å². The van der Waals surface area contributed by atoms with Crippen molar-refractivity contribution in [3.63, 3.8) is 0 Å². The quantitative estimate of drug-likeness (QED) is 0.635. The number of allylic oxidation sites excluding steroid dienone is 1. The van der Waals surface area contributed by atoms with Gasteiger partial charge in [-0.1, -0.05) is 12.1 Å². The van der Waals surface area contributed by atoms with E-state index in [2.05, 4.69) is 44.3 Å². The summed E-state index contributed by atoms with van der Waals surface area (Å²) in [4.78, 5) is 10.4. The van der Waals surface area contributed by atoms with Gasteiger partial charge in [-0.25, -0.2) is 0 Å². The molecule has 2 aromatic carbocycles. The highest BCUT2D eigenvalue weighted by molar-refractivity contribution is 5.83. The van der Waals surface area contributed by atoms with Crippen molar-refractivity contribution in [1.29, 1.82) is 0 Å². The van der Waals surface area contributed by atoms with Gasteiger partial charge in [0.1, 0.15) is 0 Å². The number of nitrogens with one attached hydrogen (secondary N) is 1. The Labute approximate surface area is 129 Å². The van der Waals surface area contributed by atoms with E-state index in [9.17, 15) is 10.1 Å². The molecule has 1 aliphatic rings. The average Bonchev–Trinajstić information content (AvgIpc) is 2.46. The first-order valence-corrected chi connectivity index (χ1v) is 7.23. The fourth-order valence-electron chi connectivity index (χ4n) is 2.94. The first-order chi connectivity index (χ1) is 10.4. The SMILES string of the molecule is CC1=CC(C)(C)Nc2ccc(-c3ccc([N+](=O)[O-])cc3)cc21. The number of non-ortho nitro benzene ring substituents is 1. The number of anilines is 1. The van der Waals surface area contributed by atoms with Crippen LogP contribution in [0.2, 0.25) is 0 Å². The molecule has 1 aliphatic heterocycles. The number of benzene rings is 2. The van der Waals surface area contributed by atoms with E-state index in [1.807, 2.05) is 6.07 Å². The van der Waals surface area contributed by atoms with Crippen LogP contribution in [0.25, 0.3) is 16.7 Å². The molecule has 0 radical (unpaired) electrons. The molecule has 0 spiro atoms. The Morgan fingerprint density at radius 2 is 1.68 bits per heavy atom. The van der Waals surface area contributed by atoms with Crippen molar-refractivity contribution >= 4 is 16.9 Å². The second-order valence-electron chi connectivity index (χ2n) is 6.24. The van der Waals surface area contributed by atoms with Crippen LogP contribution in [0.5, 0.6) is 0 Å². The molecule has 0 saturated heterocycles. The Morgan fingerprint density at radius 1 is 1.05 bits per heavy atom. The van der Waals surface area contributed by atoms with Crippen molar-refractivity contribution in [2.24, 2.45) is 0 Å². The predicted molar refractivity (Wildman–Crippen MR) is 89.9 cm³/mol. The molecule has 0 aromatic heterocycles. The summed E-state index contributed by atoms with van der Waals surface area (Å²) in [6.45, 7) is 6.40. The normalized spacial score (nSPS) is 15.5. The van der Waals surface area contributed by atoms with Crippen molar-refractivity contribution in [1.82, 2.24) is 0 Å². The van der Waals surface area contributed by atoms with Crippen molar-refractivity contribution in [2.45, 2.75) is 26.3 Å². The van der Waals surface area contributed by atoms with Crippen LogP contribution in [-0.4, -0.2) is 10.5 Å². The summed E-state index contributed by atoms with van der Waals surface area (Å²) in [5.74, 6) is 0. The minimum atomic E-state index is -0.379. The Kier molecular flexibility index (Phi) is 3.24. The molecule has 0 saturated carbocycles. The maximum absolute atomic E-state index is 10.7. The van der Waals surface area contributed by atoms with E-state index >= 15 is 0 Å². The third-order valence-electron chi connectivity index (χ3n) is 3.89. The molecule has 0 aliphatic carbocycles. The summed E-state index contributed by atoms with van der Waals surface area (Å²) < 4.78 is 0. The highest BCUT2D eigenvalue weighted by Crippen LogP contribution is 2.36. The molecule has 0 bridgehead atoms. The van der Waals surface area contributed by atoms with Gasteiger partial charge in [-0.15, -0.1) is 0 Å². The maximum Gasteiger partial charge on any atom is 0.269 e. The highest BCUT2D eigenvalue weighted by Gasteiger charge is 2.22. The van der Waals surface area contributed by atoms with Crippen LogP contribution in [0.4, 0.5) is 11.4 Å². The molecule has 112 valence electrons. The number of nitro benzene ring substituents is 1. The van der Waals surface area contributed by atoms with Crippen LogP contribution in [0, 0.1) is 10.1 Å². The number of hydrogen-bond acceptors (Lipinski definition) is 3. The summed E-state index contributed by atoms with van der Waals surface area (Å²) in [7, 11) is 0. The van der Waals surface area contributed by atoms with E-state index in [0.717, 1.165) is 16.8 Å². The molecule has 4 heteroatoms. The highest BCUT2D eigenvalue weighted by atomic mass is 16.6. The number of hydrogen-bond donors (Lipinski definition) is 1. The zero-order valence-electron chi connectivity index (χ0n) is 12.9. The number of fused-ring (bicyclic) bond motifs is 1. The van der Waals surface area contributed by atoms with E-state index < -0.39 is 0 Å². The van der Waals surface area contributed by atoms with Gasteiger partial charge in [0.2, 0.25) is 0 Å². The fraction of sp³-hybridized carbons (Fsp3) is 0.222. The summed E-state index contributed by atoms with van der Waals surface area (Å²) in [6.07, 6.45) is 2.22. The molecular formula is C18H18N2O2. The predicted octanol–water partition coefficient (Wildman–Crippen LogP) is 4.87. The van der Waals surface area contributed by atoms with Crippen molar-refractivity contribution in [3.8, 4) is 11.1 Å². The monoisotopic (exact) mass is 294 g/mol. The number of rotatable bonds is 2. The van der Waals surface area contributed by atoms with Crippen LogP contribution >= 0.6 is 0 Å². The van der Waals surface area contributed by atoms with Crippen LogP contribution in [0.1, 0.15) is 26.3 Å². The third-order valence-corrected chi connectivity index (χ3v) is 3.89. The van der Waals surface area contributed by atoms with Gasteiger partial charge in [-0.2, -0.15) is 0 Å². The molecule has 0 unspecified atom stereocenters. The summed E-state index contributed by atoms with van der Waals surface area (Å²) in [6, 6.07) is 12.9. The summed E-state index contributed by atoms with van der Waals surface area (Å²) in [5, 5.41) is 14.2. The van der Waals surface area contributed by atoms with Gasteiger partial charge in [0, 0.05) is 23.4 Å². The maximum atomic E-state index is 10.7. The standard InChI is InChI=1S/C18H18N2O2/c1-12-11-18(2,3)19-17-9-6-14(10-16(12)17)13-4-7-15(8-5-13)20(21)22/h4-11,19H,1-3H3. The molecule has 0 atom stereocenters. The molecule has 22 heavy (non-hydrogen) atoms. The molecule has 3 rings (SSSR count). The van der Waals surface area contributed by atoms with Crippen LogP contribution in [0.3, 0.4) is 0 Å². The molecule has 4 nitrogen and oxygen atoms in total. The molecule has 0 fully saturated rings. The average molecular weight is 294 g/mol. The lowest BCUT2D eigenvalue weighted by atomic mass is 9.89. The first kappa shape index (κ1) is 14.3. The minimum absolute atomic E-state index is 0.0496. The van der Waals surface area contributed by atoms with Gasteiger partial charge in [-0.05, 0) is 61.7 Å². The van der Waals surface area contributed by atoms with Crippen LogP contribution < -0.4 is 5.32 Å². The second-order valence-corrected chi connectivity index (χ2v) is 6.24. The van der Waals surface area contributed by atoms with Crippen molar-refractivity contribution < 1.29 is 4.92 Å². The lowest BCUT2D eigenvalue weighted by Crippen LogP contribution is -2.31. The minimum Gasteiger partial charge on any atom is -0.376 e. The Morgan fingerprint density at radius 3 is 2.32 bits per heavy atom. The first-order valence-electron chi connectivity index (χ1n) is 7.23. The Bertz CT molecular complexity index is 774. The van der Waals surface area contributed by atoms with E-state index in [4.69, 9.17) is 0 Å². The molecular weight excluding hydrogens is 276 g/mol. The van der Waals surface area contributed by atoms with Crippen LogP contribution in [-0.2, 0) is 0 Å². The van der Waals surface area contributed by atoms with Crippen molar-refractivity contribution in [3.05, 3.63) is 64.2 Å². The molecule has 1 N–H and O–H groups in total. The summed E-state index contributed by atoms with van der Waals surface area (Å²) >= 11 is 0. The third kappa shape index (κ3) is 2.60. The van der Waals surface area contributed by atoms with E-state index in [0.29, 0.717) is 0 Å². The van der Waals surface area contributed by atoms with Gasteiger partial charge in [0.05, 0.1) is 10.5 Å². The molecule has 0 amide bonds. The largest absolute Gasteiger partial charge is 0.376 e.